The van der Waals surface area contributed by atoms with Crippen molar-refractivity contribution in [1.82, 2.24) is 5.32 Å². The molecule has 1 aromatic carbocycles. The largest absolute Gasteiger partial charge is 0.306 e. The standard InChI is InChI=1S/C15H16ClF2NS/c1-3-8-19-15(11-6-7-12(16)20-11)10-5-4-9(2)13(17)14(10)18/h4-7,15,19H,3,8H2,1-2H3. The quantitative estimate of drug-likeness (QED) is 0.811. The van der Waals surface area contributed by atoms with Crippen LogP contribution in [0.15, 0.2) is 24.3 Å². The van der Waals surface area contributed by atoms with Crippen LogP contribution in [0, 0.1) is 18.6 Å². The average molecular weight is 316 g/mol. The zero-order valence-electron chi connectivity index (χ0n) is 11.3. The van der Waals surface area contributed by atoms with E-state index < -0.39 is 11.6 Å². The third-order valence-electron chi connectivity index (χ3n) is 3.09. The lowest BCUT2D eigenvalue weighted by molar-refractivity contribution is 0.477. The maximum Gasteiger partial charge on any atom is 0.164 e. The van der Waals surface area contributed by atoms with Crippen LogP contribution in [0.2, 0.25) is 4.34 Å². The number of benzene rings is 1. The Labute approximate surface area is 126 Å². The molecule has 0 aliphatic heterocycles. The minimum absolute atomic E-state index is 0.310. The fraction of sp³-hybridized carbons (Fsp3) is 0.333. The van der Waals surface area contributed by atoms with E-state index in [0.717, 1.165) is 17.8 Å². The van der Waals surface area contributed by atoms with E-state index in [-0.39, 0.29) is 6.04 Å². The maximum atomic E-state index is 14.2. The maximum absolute atomic E-state index is 14.2. The van der Waals surface area contributed by atoms with Crippen LogP contribution in [0.3, 0.4) is 0 Å². The van der Waals surface area contributed by atoms with E-state index in [0.29, 0.717) is 15.5 Å². The first kappa shape index (κ1) is 15.4. The van der Waals surface area contributed by atoms with Gasteiger partial charge in [-0.2, -0.15) is 0 Å². The summed E-state index contributed by atoms with van der Waals surface area (Å²) in [5.41, 5.74) is 0.629. The van der Waals surface area contributed by atoms with Gasteiger partial charge in [0.1, 0.15) is 0 Å². The Bertz CT molecular complexity index is 598. The molecule has 20 heavy (non-hydrogen) atoms. The molecule has 0 saturated carbocycles. The molecule has 0 fully saturated rings. The number of hydrogen-bond donors (Lipinski definition) is 1. The summed E-state index contributed by atoms with van der Waals surface area (Å²) >= 11 is 7.32. The van der Waals surface area contributed by atoms with Crippen LogP contribution in [0.4, 0.5) is 8.78 Å². The Morgan fingerprint density at radius 3 is 2.55 bits per heavy atom. The zero-order chi connectivity index (χ0) is 14.7. The first-order chi connectivity index (χ1) is 9.54. The molecule has 1 nitrogen and oxygen atoms in total. The number of nitrogens with one attached hydrogen (secondary N) is 1. The van der Waals surface area contributed by atoms with Crippen LogP contribution in [0.5, 0.6) is 0 Å². The second-order valence-corrected chi connectivity index (χ2v) is 6.38. The smallest absolute Gasteiger partial charge is 0.164 e. The van der Waals surface area contributed by atoms with E-state index in [2.05, 4.69) is 5.32 Å². The third kappa shape index (κ3) is 3.19. The lowest BCUT2D eigenvalue weighted by Gasteiger charge is -2.19. The summed E-state index contributed by atoms with van der Waals surface area (Å²) in [6.07, 6.45) is 0.908. The molecule has 1 heterocycles. The van der Waals surface area contributed by atoms with Gasteiger partial charge in [0.25, 0.3) is 0 Å². The highest BCUT2D eigenvalue weighted by atomic mass is 35.5. The molecule has 0 bridgehead atoms. The summed E-state index contributed by atoms with van der Waals surface area (Å²) in [4.78, 5) is 0.880. The molecule has 0 aliphatic carbocycles. The Kier molecular flexibility index (Phi) is 5.13. The average Bonchev–Trinajstić information content (AvgIpc) is 2.85. The van der Waals surface area contributed by atoms with Crippen molar-refractivity contribution in [1.29, 1.82) is 0 Å². The van der Waals surface area contributed by atoms with Gasteiger partial charge in [-0.05, 0) is 37.6 Å². The summed E-state index contributed by atoms with van der Waals surface area (Å²) in [6.45, 7) is 4.30. The summed E-state index contributed by atoms with van der Waals surface area (Å²) < 4.78 is 28.6. The lowest BCUT2D eigenvalue weighted by atomic mass is 10.0. The van der Waals surface area contributed by atoms with Crippen LogP contribution < -0.4 is 5.32 Å². The molecule has 1 N–H and O–H groups in total. The van der Waals surface area contributed by atoms with E-state index in [1.165, 1.54) is 11.3 Å². The molecule has 1 unspecified atom stereocenters. The first-order valence-corrected chi connectivity index (χ1v) is 7.67. The van der Waals surface area contributed by atoms with Gasteiger partial charge in [-0.15, -0.1) is 11.3 Å². The van der Waals surface area contributed by atoms with Crippen molar-refractivity contribution >= 4 is 22.9 Å². The normalized spacial score (nSPS) is 12.7. The highest BCUT2D eigenvalue weighted by molar-refractivity contribution is 7.16. The van der Waals surface area contributed by atoms with Gasteiger partial charge in [0.15, 0.2) is 11.6 Å². The molecule has 108 valence electrons. The topological polar surface area (TPSA) is 12.0 Å². The molecule has 2 aromatic rings. The lowest BCUT2D eigenvalue weighted by Crippen LogP contribution is -2.23. The molecule has 1 atom stereocenters. The van der Waals surface area contributed by atoms with Crippen molar-refractivity contribution in [2.45, 2.75) is 26.3 Å². The number of hydrogen-bond acceptors (Lipinski definition) is 2. The minimum atomic E-state index is -0.789. The van der Waals surface area contributed by atoms with Crippen molar-refractivity contribution in [2.24, 2.45) is 0 Å². The molecule has 2 rings (SSSR count). The zero-order valence-corrected chi connectivity index (χ0v) is 12.9. The summed E-state index contributed by atoms with van der Waals surface area (Å²) in [6, 6.07) is 6.48. The molecule has 0 amide bonds. The fourth-order valence-corrected chi connectivity index (χ4v) is 3.18. The van der Waals surface area contributed by atoms with E-state index in [1.54, 1.807) is 25.1 Å². The van der Waals surface area contributed by atoms with Crippen molar-refractivity contribution < 1.29 is 8.78 Å². The minimum Gasteiger partial charge on any atom is -0.306 e. The van der Waals surface area contributed by atoms with Crippen LogP contribution in [-0.2, 0) is 0 Å². The van der Waals surface area contributed by atoms with Gasteiger partial charge in [-0.3, -0.25) is 0 Å². The van der Waals surface area contributed by atoms with Crippen LogP contribution in [0.1, 0.15) is 35.4 Å². The van der Waals surface area contributed by atoms with Crippen LogP contribution >= 0.6 is 22.9 Å². The molecule has 0 aliphatic rings. The van der Waals surface area contributed by atoms with Crippen molar-refractivity contribution in [3.63, 3.8) is 0 Å². The predicted octanol–water partition coefficient (Wildman–Crippen LogP) is 5.08. The van der Waals surface area contributed by atoms with Crippen LogP contribution in [0.25, 0.3) is 0 Å². The van der Waals surface area contributed by atoms with Crippen molar-refractivity contribution in [3.8, 4) is 0 Å². The number of aryl methyl sites for hydroxylation is 1. The van der Waals surface area contributed by atoms with Crippen molar-refractivity contribution in [2.75, 3.05) is 6.54 Å². The van der Waals surface area contributed by atoms with Crippen molar-refractivity contribution in [3.05, 3.63) is 56.2 Å². The van der Waals surface area contributed by atoms with E-state index in [1.807, 2.05) is 13.0 Å². The molecule has 0 saturated heterocycles. The fourth-order valence-electron chi connectivity index (χ4n) is 2.02. The van der Waals surface area contributed by atoms with Gasteiger partial charge in [0.05, 0.1) is 10.4 Å². The summed E-state index contributed by atoms with van der Waals surface area (Å²) in [7, 11) is 0. The molecule has 1 aromatic heterocycles. The predicted molar refractivity (Wildman–Crippen MR) is 80.6 cm³/mol. The van der Waals surface area contributed by atoms with E-state index in [4.69, 9.17) is 11.6 Å². The SMILES string of the molecule is CCCNC(c1ccc(Cl)s1)c1ccc(C)c(F)c1F. The Balaban J connectivity index is 2.43. The van der Waals surface area contributed by atoms with Gasteiger partial charge in [0, 0.05) is 10.4 Å². The van der Waals surface area contributed by atoms with E-state index >= 15 is 0 Å². The van der Waals surface area contributed by atoms with Gasteiger partial charge in [-0.25, -0.2) is 8.78 Å². The van der Waals surface area contributed by atoms with Crippen LogP contribution in [-0.4, -0.2) is 6.54 Å². The highest BCUT2D eigenvalue weighted by Crippen LogP contribution is 2.33. The Morgan fingerprint density at radius 2 is 1.95 bits per heavy atom. The number of thiophene rings is 1. The Morgan fingerprint density at radius 1 is 1.20 bits per heavy atom. The van der Waals surface area contributed by atoms with E-state index in [9.17, 15) is 8.78 Å². The first-order valence-electron chi connectivity index (χ1n) is 6.47. The summed E-state index contributed by atoms with van der Waals surface area (Å²) in [5, 5.41) is 3.25. The third-order valence-corrected chi connectivity index (χ3v) is 4.39. The highest BCUT2D eigenvalue weighted by Gasteiger charge is 2.22. The molecule has 0 radical (unpaired) electrons. The van der Waals surface area contributed by atoms with Gasteiger partial charge >= 0.3 is 0 Å². The van der Waals surface area contributed by atoms with Gasteiger partial charge in [0.2, 0.25) is 0 Å². The number of rotatable bonds is 5. The summed E-state index contributed by atoms with van der Waals surface area (Å²) in [5.74, 6) is -1.57. The van der Waals surface area contributed by atoms with Gasteiger partial charge in [-0.1, -0.05) is 30.7 Å². The molecular formula is C15H16ClF2NS. The molecular weight excluding hydrogens is 300 g/mol. The monoisotopic (exact) mass is 315 g/mol. The van der Waals surface area contributed by atoms with Gasteiger partial charge < -0.3 is 5.32 Å². The second-order valence-electron chi connectivity index (χ2n) is 4.63. The molecule has 0 spiro atoms. The number of halogens is 3. The Hall–Kier alpha value is -0.970. The second kappa shape index (κ2) is 6.66. The molecule has 5 heteroatoms.